The lowest BCUT2D eigenvalue weighted by Gasteiger charge is -2.18. The lowest BCUT2D eigenvalue weighted by Crippen LogP contribution is -2.28. The Morgan fingerprint density at radius 3 is 2.41 bits per heavy atom. The zero-order valence-electron chi connectivity index (χ0n) is 11.7. The van der Waals surface area contributed by atoms with Crippen molar-refractivity contribution in [2.75, 3.05) is 7.05 Å². The summed E-state index contributed by atoms with van der Waals surface area (Å²) in [6, 6.07) is 8.79. The lowest BCUT2D eigenvalue weighted by atomic mass is 10.1. The van der Waals surface area contributed by atoms with E-state index in [1.54, 1.807) is 0 Å². The average Bonchev–Trinajstić information content (AvgIpc) is 2.46. The molecule has 0 saturated carbocycles. The molecule has 0 heterocycles. The van der Waals surface area contributed by atoms with Gasteiger partial charge in [0.1, 0.15) is 5.82 Å². The minimum Gasteiger partial charge on any atom is -0.341 e. The summed E-state index contributed by atoms with van der Waals surface area (Å²) in [4.78, 5) is 13.3. The first-order valence-corrected chi connectivity index (χ1v) is 7.56. The molecular weight excluding hydrogens is 406 g/mol. The number of likely N-dealkylation sites (N-methyl/N-ethyl adjacent to an activating group) is 1. The second-order valence-electron chi connectivity index (χ2n) is 4.91. The van der Waals surface area contributed by atoms with Crippen LogP contribution in [0.2, 0.25) is 0 Å². The molecule has 0 aromatic heterocycles. The summed E-state index contributed by atoms with van der Waals surface area (Å²) in [6.45, 7) is -0.191. The Balaban J connectivity index is 2.07. The molecule has 0 saturated heterocycles. The van der Waals surface area contributed by atoms with Crippen molar-refractivity contribution in [3.8, 4) is 0 Å². The van der Waals surface area contributed by atoms with E-state index in [-0.39, 0.29) is 24.4 Å². The van der Waals surface area contributed by atoms with Gasteiger partial charge in [0, 0.05) is 28.8 Å². The number of hydrogen-bond acceptors (Lipinski definition) is 1. The molecule has 0 radical (unpaired) electrons. The summed E-state index contributed by atoms with van der Waals surface area (Å²) in [5.74, 6) is -3.51. The SMILES string of the molecule is CN(Cc1cc(F)cc(F)c1F)C(=O)Cc1ccc(I)cc1. The first kappa shape index (κ1) is 16.8. The molecule has 0 atom stereocenters. The van der Waals surface area contributed by atoms with Gasteiger partial charge in [-0.05, 0) is 46.4 Å². The fourth-order valence-corrected chi connectivity index (χ4v) is 2.34. The predicted molar refractivity (Wildman–Crippen MR) is 85.7 cm³/mol. The van der Waals surface area contributed by atoms with Gasteiger partial charge in [-0.25, -0.2) is 13.2 Å². The molecule has 0 spiro atoms. The van der Waals surface area contributed by atoms with E-state index >= 15 is 0 Å². The highest BCUT2D eigenvalue weighted by Gasteiger charge is 2.16. The molecule has 116 valence electrons. The molecule has 2 rings (SSSR count). The maximum atomic E-state index is 13.6. The van der Waals surface area contributed by atoms with E-state index in [1.807, 2.05) is 24.3 Å². The first-order valence-electron chi connectivity index (χ1n) is 6.48. The second-order valence-corrected chi connectivity index (χ2v) is 6.16. The highest BCUT2D eigenvalue weighted by atomic mass is 127. The Kier molecular flexibility index (Phi) is 5.44. The highest BCUT2D eigenvalue weighted by molar-refractivity contribution is 14.1. The van der Waals surface area contributed by atoms with E-state index in [0.29, 0.717) is 6.07 Å². The number of nitrogens with zero attached hydrogens (tertiary/aromatic N) is 1. The maximum absolute atomic E-state index is 13.6. The third kappa shape index (κ3) is 4.22. The molecule has 2 aromatic rings. The van der Waals surface area contributed by atoms with Crippen molar-refractivity contribution in [3.63, 3.8) is 0 Å². The van der Waals surface area contributed by atoms with Crippen LogP contribution in [0, 0.1) is 21.0 Å². The minimum absolute atomic E-state index is 0.146. The summed E-state index contributed by atoms with van der Waals surface area (Å²) in [6.07, 6.45) is 0.146. The van der Waals surface area contributed by atoms with Crippen LogP contribution in [-0.2, 0) is 17.8 Å². The monoisotopic (exact) mass is 419 g/mol. The molecule has 0 aliphatic heterocycles. The molecule has 1 amide bonds. The summed E-state index contributed by atoms with van der Waals surface area (Å²) in [7, 11) is 1.47. The van der Waals surface area contributed by atoms with Gasteiger partial charge in [0.15, 0.2) is 11.6 Å². The normalized spacial score (nSPS) is 10.6. The summed E-state index contributed by atoms with van der Waals surface area (Å²) in [5, 5.41) is 0. The number of halogens is 4. The van der Waals surface area contributed by atoms with Crippen molar-refractivity contribution in [3.05, 3.63) is 68.5 Å². The van der Waals surface area contributed by atoms with Crippen LogP contribution in [0.25, 0.3) is 0 Å². The van der Waals surface area contributed by atoms with Crippen LogP contribution >= 0.6 is 22.6 Å². The van der Waals surface area contributed by atoms with E-state index in [1.165, 1.54) is 11.9 Å². The van der Waals surface area contributed by atoms with E-state index in [9.17, 15) is 18.0 Å². The molecule has 0 bridgehead atoms. The summed E-state index contributed by atoms with van der Waals surface area (Å²) < 4.78 is 40.9. The van der Waals surface area contributed by atoms with Gasteiger partial charge in [0.2, 0.25) is 5.91 Å². The minimum atomic E-state index is -1.26. The van der Waals surface area contributed by atoms with Crippen LogP contribution < -0.4 is 0 Å². The van der Waals surface area contributed by atoms with Crippen LogP contribution in [0.3, 0.4) is 0 Å². The highest BCUT2D eigenvalue weighted by Crippen LogP contribution is 2.16. The average molecular weight is 419 g/mol. The Hall–Kier alpha value is -1.57. The van der Waals surface area contributed by atoms with Gasteiger partial charge < -0.3 is 4.90 Å². The predicted octanol–water partition coefficient (Wildman–Crippen LogP) is 3.91. The fourth-order valence-electron chi connectivity index (χ4n) is 1.98. The standard InChI is InChI=1S/C16H13F3INO/c1-21(9-11-7-12(17)8-14(18)16(11)19)15(22)6-10-2-4-13(20)5-3-10/h2-5,7-8H,6,9H2,1H3. The van der Waals surface area contributed by atoms with Crippen molar-refractivity contribution >= 4 is 28.5 Å². The molecule has 6 heteroatoms. The third-order valence-corrected chi connectivity index (χ3v) is 3.89. The Morgan fingerprint density at radius 2 is 1.77 bits per heavy atom. The number of amides is 1. The molecule has 2 nitrogen and oxygen atoms in total. The number of carbonyl (C=O) groups excluding carboxylic acids is 1. The van der Waals surface area contributed by atoms with E-state index in [2.05, 4.69) is 22.6 Å². The second kappa shape index (κ2) is 7.13. The van der Waals surface area contributed by atoms with Gasteiger partial charge >= 0.3 is 0 Å². The third-order valence-electron chi connectivity index (χ3n) is 3.17. The van der Waals surface area contributed by atoms with Gasteiger partial charge in [-0.3, -0.25) is 4.79 Å². The molecule has 22 heavy (non-hydrogen) atoms. The van der Waals surface area contributed by atoms with Crippen LogP contribution in [0.1, 0.15) is 11.1 Å². The van der Waals surface area contributed by atoms with E-state index < -0.39 is 17.5 Å². The van der Waals surface area contributed by atoms with Gasteiger partial charge in [-0.1, -0.05) is 12.1 Å². The van der Waals surface area contributed by atoms with Gasteiger partial charge in [0.25, 0.3) is 0 Å². The Labute approximate surface area is 140 Å². The van der Waals surface area contributed by atoms with Crippen molar-refractivity contribution in [1.29, 1.82) is 0 Å². The van der Waals surface area contributed by atoms with Crippen molar-refractivity contribution in [2.24, 2.45) is 0 Å². The topological polar surface area (TPSA) is 20.3 Å². The maximum Gasteiger partial charge on any atom is 0.227 e. The van der Waals surface area contributed by atoms with Crippen molar-refractivity contribution in [1.82, 2.24) is 4.90 Å². The fraction of sp³-hybridized carbons (Fsp3) is 0.188. The molecule has 2 aromatic carbocycles. The Bertz CT molecular complexity index is 689. The molecule has 0 unspecified atom stereocenters. The van der Waals surface area contributed by atoms with Crippen LogP contribution in [0.5, 0.6) is 0 Å². The van der Waals surface area contributed by atoms with Crippen molar-refractivity contribution < 1.29 is 18.0 Å². The summed E-state index contributed by atoms with van der Waals surface area (Å²) >= 11 is 2.16. The molecule has 0 aliphatic rings. The molecular formula is C16H13F3INO. The van der Waals surface area contributed by atoms with Gasteiger partial charge in [0.05, 0.1) is 6.42 Å². The van der Waals surface area contributed by atoms with E-state index in [0.717, 1.165) is 15.2 Å². The quantitative estimate of drug-likeness (QED) is 0.544. The zero-order chi connectivity index (χ0) is 16.3. The summed E-state index contributed by atoms with van der Waals surface area (Å²) in [5.41, 5.74) is 0.638. The molecule has 0 fully saturated rings. The van der Waals surface area contributed by atoms with E-state index in [4.69, 9.17) is 0 Å². The lowest BCUT2D eigenvalue weighted by molar-refractivity contribution is -0.129. The van der Waals surface area contributed by atoms with Crippen molar-refractivity contribution in [2.45, 2.75) is 13.0 Å². The smallest absolute Gasteiger partial charge is 0.227 e. The zero-order valence-corrected chi connectivity index (χ0v) is 13.9. The first-order chi connectivity index (χ1) is 10.4. The van der Waals surface area contributed by atoms with Crippen LogP contribution in [0.4, 0.5) is 13.2 Å². The molecule has 0 aliphatic carbocycles. The Morgan fingerprint density at radius 1 is 1.14 bits per heavy atom. The number of benzene rings is 2. The molecule has 0 N–H and O–H groups in total. The van der Waals surface area contributed by atoms with Crippen LogP contribution in [-0.4, -0.2) is 17.9 Å². The number of carbonyl (C=O) groups is 1. The van der Waals surface area contributed by atoms with Crippen LogP contribution in [0.15, 0.2) is 36.4 Å². The number of rotatable bonds is 4. The number of hydrogen-bond donors (Lipinski definition) is 0. The van der Waals surface area contributed by atoms with Gasteiger partial charge in [-0.2, -0.15) is 0 Å². The largest absolute Gasteiger partial charge is 0.341 e. The van der Waals surface area contributed by atoms with Gasteiger partial charge in [-0.15, -0.1) is 0 Å².